The van der Waals surface area contributed by atoms with E-state index in [9.17, 15) is 4.79 Å². The van der Waals surface area contributed by atoms with Crippen LogP contribution in [-0.4, -0.2) is 32.1 Å². The molecule has 110 valence electrons. The van der Waals surface area contributed by atoms with Crippen LogP contribution in [0.2, 0.25) is 0 Å². The molecule has 5 heteroatoms. The van der Waals surface area contributed by atoms with E-state index in [1.165, 1.54) is 25.7 Å². The number of anilines is 1. The highest BCUT2D eigenvalue weighted by molar-refractivity contribution is 9.10. The zero-order valence-corrected chi connectivity index (χ0v) is 13.6. The number of hydrogen-bond donors (Lipinski definition) is 2. The maximum atomic E-state index is 11.2. The lowest BCUT2D eigenvalue weighted by molar-refractivity contribution is 0.0999. The van der Waals surface area contributed by atoms with Crippen molar-refractivity contribution in [1.82, 2.24) is 5.32 Å². The Hall–Kier alpha value is -1.07. The molecule has 0 bridgehead atoms. The van der Waals surface area contributed by atoms with Crippen molar-refractivity contribution >= 4 is 27.5 Å². The highest BCUT2D eigenvalue weighted by Gasteiger charge is 2.23. The number of amides is 1. The van der Waals surface area contributed by atoms with Crippen LogP contribution in [-0.2, 0) is 0 Å². The lowest BCUT2D eigenvalue weighted by Crippen LogP contribution is -2.39. The summed E-state index contributed by atoms with van der Waals surface area (Å²) in [6.07, 6.45) is 4.81. The van der Waals surface area contributed by atoms with Gasteiger partial charge in [0.25, 0.3) is 0 Å². The van der Waals surface area contributed by atoms with E-state index in [1.54, 1.807) is 6.07 Å². The summed E-state index contributed by atoms with van der Waals surface area (Å²) in [7, 11) is 4.16. The second kappa shape index (κ2) is 6.59. The van der Waals surface area contributed by atoms with E-state index >= 15 is 0 Å². The van der Waals surface area contributed by atoms with Gasteiger partial charge in [0.05, 0.1) is 5.56 Å². The first kappa shape index (κ1) is 15.3. The third kappa shape index (κ3) is 3.33. The van der Waals surface area contributed by atoms with Gasteiger partial charge in [-0.15, -0.1) is 0 Å². The molecule has 1 aromatic rings. The molecule has 1 aliphatic rings. The first-order valence-corrected chi connectivity index (χ1v) is 7.81. The van der Waals surface area contributed by atoms with Crippen LogP contribution in [0.15, 0.2) is 22.7 Å². The van der Waals surface area contributed by atoms with Crippen molar-refractivity contribution in [2.45, 2.75) is 37.8 Å². The molecule has 0 atom stereocenters. The molecule has 1 saturated carbocycles. The largest absolute Gasteiger partial charge is 0.372 e. The van der Waals surface area contributed by atoms with Gasteiger partial charge in [0.1, 0.15) is 0 Å². The Bertz CT molecular complexity index is 484. The minimum Gasteiger partial charge on any atom is -0.372 e. The summed E-state index contributed by atoms with van der Waals surface area (Å²) >= 11 is 3.42. The van der Waals surface area contributed by atoms with Gasteiger partial charge in [-0.25, -0.2) is 0 Å². The van der Waals surface area contributed by atoms with Gasteiger partial charge >= 0.3 is 0 Å². The van der Waals surface area contributed by atoms with E-state index in [4.69, 9.17) is 5.73 Å². The molecule has 1 fully saturated rings. The van der Waals surface area contributed by atoms with Crippen LogP contribution in [0.1, 0.15) is 36.0 Å². The minimum atomic E-state index is -0.402. The number of halogens is 1. The Balaban J connectivity index is 2.08. The summed E-state index contributed by atoms with van der Waals surface area (Å²) in [5.74, 6) is -0.402. The van der Waals surface area contributed by atoms with Gasteiger partial charge in [-0.2, -0.15) is 0 Å². The van der Waals surface area contributed by atoms with Gasteiger partial charge in [0, 0.05) is 29.3 Å². The molecule has 0 unspecified atom stereocenters. The molecule has 1 aliphatic carbocycles. The predicted molar refractivity (Wildman–Crippen MR) is 86.2 cm³/mol. The van der Waals surface area contributed by atoms with Crippen molar-refractivity contribution in [2.75, 3.05) is 19.0 Å². The first-order chi connectivity index (χ1) is 9.52. The monoisotopic (exact) mass is 339 g/mol. The second-order valence-electron chi connectivity index (χ2n) is 5.43. The second-order valence-corrected chi connectivity index (χ2v) is 6.29. The number of primary amides is 1. The van der Waals surface area contributed by atoms with Gasteiger partial charge < -0.3 is 16.0 Å². The summed E-state index contributed by atoms with van der Waals surface area (Å²) in [6, 6.07) is 6.95. The van der Waals surface area contributed by atoms with Crippen LogP contribution in [0.25, 0.3) is 0 Å². The highest BCUT2D eigenvalue weighted by atomic mass is 79.9. The van der Waals surface area contributed by atoms with Gasteiger partial charge in [-0.05, 0) is 66.9 Å². The molecule has 2 rings (SSSR count). The molecule has 0 saturated heterocycles. The number of benzene rings is 1. The van der Waals surface area contributed by atoms with Crippen LogP contribution in [0.3, 0.4) is 0 Å². The molecule has 0 spiro atoms. The van der Waals surface area contributed by atoms with E-state index in [0.29, 0.717) is 17.6 Å². The van der Waals surface area contributed by atoms with E-state index in [-0.39, 0.29) is 0 Å². The Labute approximate surface area is 128 Å². The van der Waals surface area contributed by atoms with E-state index in [2.05, 4.69) is 33.2 Å². The molecule has 0 radical (unpaired) electrons. The lowest BCUT2D eigenvalue weighted by atomic mass is 9.90. The molecule has 20 heavy (non-hydrogen) atoms. The van der Waals surface area contributed by atoms with Crippen molar-refractivity contribution in [3.8, 4) is 0 Å². The number of carbonyl (C=O) groups is 1. The van der Waals surface area contributed by atoms with E-state index < -0.39 is 5.91 Å². The minimum absolute atomic E-state index is 0.402. The normalized spacial score (nSPS) is 22.6. The lowest BCUT2D eigenvalue weighted by Gasteiger charge is -2.36. The Morgan fingerprint density at radius 3 is 2.50 bits per heavy atom. The molecular weight excluding hydrogens is 318 g/mol. The number of nitrogens with one attached hydrogen (secondary N) is 1. The van der Waals surface area contributed by atoms with Gasteiger partial charge in [0.2, 0.25) is 5.91 Å². The number of nitrogens with two attached hydrogens (primary N) is 1. The number of carbonyl (C=O) groups excluding carboxylic acids is 1. The fourth-order valence-corrected chi connectivity index (χ4v) is 3.45. The molecule has 1 amide bonds. The van der Waals surface area contributed by atoms with E-state index in [0.717, 1.165) is 10.2 Å². The molecular formula is C15H22BrN3O. The van der Waals surface area contributed by atoms with E-state index in [1.807, 2.05) is 19.2 Å². The summed E-state index contributed by atoms with van der Waals surface area (Å²) in [5.41, 5.74) is 6.97. The Kier molecular flexibility index (Phi) is 5.05. The van der Waals surface area contributed by atoms with Gasteiger partial charge in [-0.3, -0.25) is 4.79 Å². The van der Waals surface area contributed by atoms with Gasteiger partial charge in [-0.1, -0.05) is 0 Å². The number of nitrogens with zero attached hydrogens (tertiary/aromatic N) is 1. The summed E-state index contributed by atoms with van der Waals surface area (Å²) < 4.78 is 0.762. The predicted octanol–water partition coefficient (Wildman–Crippen LogP) is 2.51. The number of rotatable bonds is 4. The standard InChI is InChI=1S/C15H22BrN3O/c1-18-10-3-5-11(6-4-10)19(2)12-7-8-13(15(17)20)14(16)9-12/h7-11,18H,3-6H2,1-2H3,(H2,17,20). The van der Waals surface area contributed by atoms with Crippen LogP contribution in [0, 0.1) is 0 Å². The molecule has 3 N–H and O–H groups in total. The SMILES string of the molecule is CNC1CCC(N(C)c2ccc(C(N)=O)c(Br)c2)CC1. The quantitative estimate of drug-likeness (QED) is 0.886. The first-order valence-electron chi connectivity index (χ1n) is 7.02. The van der Waals surface area contributed by atoms with Crippen molar-refractivity contribution in [3.05, 3.63) is 28.2 Å². The fourth-order valence-electron chi connectivity index (χ4n) is 2.89. The van der Waals surface area contributed by atoms with Crippen LogP contribution < -0.4 is 16.0 Å². The third-order valence-electron chi connectivity index (χ3n) is 4.28. The zero-order valence-electron chi connectivity index (χ0n) is 12.0. The third-order valence-corrected chi connectivity index (χ3v) is 4.93. The van der Waals surface area contributed by atoms with Crippen LogP contribution in [0.5, 0.6) is 0 Å². The van der Waals surface area contributed by atoms with Crippen molar-refractivity contribution in [3.63, 3.8) is 0 Å². The summed E-state index contributed by atoms with van der Waals surface area (Å²) in [6.45, 7) is 0. The Morgan fingerprint density at radius 2 is 2.00 bits per heavy atom. The average Bonchev–Trinajstić information content (AvgIpc) is 2.46. The summed E-state index contributed by atoms with van der Waals surface area (Å²) in [5, 5.41) is 3.35. The van der Waals surface area contributed by atoms with Crippen LogP contribution >= 0.6 is 15.9 Å². The molecule has 0 aliphatic heterocycles. The average molecular weight is 340 g/mol. The van der Waals surface area contributed by atoms with Crippen molar-refractivity contribution < 1.29 is 4.79 Å². The van der Waals surface area contributed by atoms with Crippen LogP contribution in [0.4, 0.5) is 5.69 Å². The summed E-state index contributed by atoms with van der Waals surface area (Å²) in [4.78, 5) is 13.6. The maximum Gasteiger partial charge on any atom is 0.249 e. The highest BCUT2D eigenvalue weighted by Crippen LogP contribution is 2.29. The molecule has 0 aromatic heterocycles. The zero-order chi connectivity index (χ0) is 14.7. The van der Waals surface area contributed by atoms with Crippen molar-refractivity contribution in [1.29, 1.82) is 0 Å². The topological polar surface area (TPSA) is 58.4 Å². The molecule has 4 nitrogen and oxygen atoms in total. The van der Waals surface area contributed by atoms with Crippen molar-refractivity contribution in [2.24, 2.45) is 5.73 Å². The Morgan fingerprint density at radius 1 is 1.35 bits per heavy atom. The fraction of sp³-hybridized carbons (Fsp3) is 0.533. The molecule has 1 aromatic carbocycles. The number of hydrogen-bond acceptors (Lipinski definition) is 3. The molecule has 0 heterocycles. The maximum absolute atomic E-state index is 11.2. The smallest absolute Gasteiger partial charge is 0.249 e. The van der Waals surface area contributed by atoms with Gasteiger partial charge in [0.15, 0.2) is 0 Å².